The molecule has 0 aliphatic heterocycles. The summed E-state index contributed by atoms with van der Waals surface area (Å²) in [6.07, 6.45) is 7.00. The molecule has 0 fully saturated rings. The van der Waals surface area contributed by atoms with Crippen LogP contribution in [-0.2, 0) is 12.8 Å². The quantitative estimate of drug-likeness (QED) is 0.155. The smallest absolute Gasteiger partial charge is 0.0890 e. The van der Waals surface area contributed by atoms with Crippen molar-refractivity contribution in [3.8, 4) is 0 Å². The van der Waals surface area contributed by atoms with Crippen LogP contribution in [0.1, 0.15) is 72.9 Å². The Balaban J connectivity index is 1.44. The Hall–Kier alpha value is -4.32. The lowest BCUT2D eigenvalue weighted by Gasteiger charge is -2.07. The fraction of sp³-hybridized carbons (Fsp3) is 0.333. The summed E-state index contributed by atoms with van der Waals surface area (Å²) < 4.78 is 0. The minimum absolute atomic E-state index is 0.815. The average molecular weight is 559 g/mol. The van der Waals surface area contributed by atoms with E-state index in [1.54, 1.807) is 0 Å². The molecule has 4 aromatic rings. The van der Waals surface area contributed by atoms with Crippen LogP contribution < -0.4 is 0 Å². The summed E-state index contributed by atoms with van der Waals surface area (Å²) in [4.78, 5) is 0. The predicted octanol–water partition coefficient (Wildman–Crippen LogP) is 12.9. The van der Waals surface area contributed by atoms with E-state index in [1.807, 2.05) is 76.2 Å². The van der Waals surface area contributed by atoms with Crippen molar-refractivity contribution in [2.75, 3.05) is 0 Å². The van der Waals surface area contributed by atoms with Crippen molar-refractivity contribution < 1.29 is 0 Å². The fourth-order valence-electron chi connectivity index (χ4n) is 4.55. The monoisotopic (exact) mass is 558 g/mol. The van der Waals surface area contributed by atoms with Crippen LogP contribution in [0.5, 0.6) is 0 Å². The van der Waals surface area contributed by atoms with E-state index in [0.29, 0.717) is 0 Å². The molecule has 0 spiro atoms. The lowest BCUT2D eigenvalue weighted by atomic mass is 10.1. The molecule has 0 aromatic heterocycles. The maximum absolute atomic E-state index is 4.58. The standard InChI is InChI=1S/C36H42N6/c1-7-9-11-29-13-17-31(18-14-29)37-39-33-21-27(5)35(23-25(33)3)41-42-36-24-26(4)34(22-28(36)6)40-38-32-19-15-30(16-20-32)12-10-8-2/h13-24H,7-12H2,1-6H3. The molecular formula is C36H42N6. The number of rotatable bonds is 12. The average Bonchev–Trinajstić information content (AvgIpc) is 3.00. The second kappa shape index (κ2) is 15.1. The first-order valence-electron chi connectivity index (χ1n) is 15.0. The van der Waals surface area contributed by atoms with Crippen LogP contribution >= 0.6 is 0 Å². The second-order valence-electron chi connectivity index (χ2n) is 11.0. The highest BCUT2D eigenvalue weighted by molar-refractivity contribution is 5.61. The minimum atomic E-state index is 0.815. The van der Waals surface area contributed by atoms with E-state index in [1.165, 1.54) is 36.8 Å². The van der Waals surface area contributed by atoms with Crippen LogP contribution in [0.4, 0.5) is 34.1 Å². The molecule has 0 radical (unpaired) electrons. The molecule has 0 atom stereocenters. The van der Waals surface area contributed by atoms with E-state index >= 15 is 0 Å². The zero-order valence-corrected chi connectivity index (χ0v) is 25.9. The van der Waals surface area contributed by atoms with Crippen molar-refractivity contribution in [2.24, 2.45) is 30.7 Å². The number of hydrogen-bond donors (Lipinski definition) is 0. The van der Waals surface area contributed by atoms with Crippen LogP contribution in [0.25, 0.3) is 0 Å². The molecule has 0 bridgehead atoms. The molecule has 4 aromatic carbocycles. The number of nitrogens with zero attached hydrogens (tertiary/aromatic N) is 6. The highest BCUT2D eigenvalue weighted by Gasteiger charge is 2.07. The first-order valence-corrected chi connectivity index (χ1v) is 15.0. The van der Waals surface area contributed by atoms with Crippen molar-refractivity contribution >= 4 is 34.1 Å². The summed E-state index contributed by atoms with van der Waals surface area (Å²) >= 11 is 0. The third-order valence-corrected chi connectivity index (χ3v) is 7.35. The van der Waals surface area contributed by atoms with Gasteiger partial charge in [-0.05, 0) is 135 Å². The molecule has 0 saturated carbocycles. The highest BCUT2D eigenvalue weighted by Crippen LogP contribution is 2.34. The van der Waals surface area contributed by atoms with Gasteiger partial charge in [-0.15, -0.1) is 0 Å². The molecule has 0 heterocycles. The van der Waals surface area contributed by atoms with Crippen molar-refractivity contribution in [2.45, 2.75) is 80.1 Å². The van der Waals surface area contributed by atoms with E-state index in [4.69, 9.17) is 0 Å². The molecule has 42 heavy (non-hydrogen) atoms. The zero-order chi connectivity index (χ0) is 29.9. The van der Waals surface area contributed by atoms with Gasteiger partial charge in [0.2, 0.25) is 0 Å². The van der Waals surface area contributed by atoms with Crippen molar-refractivity contribution in [1.82, 2.24) is 0 Å². The molecule has 6 nitrogen and oxygen atoms in total. The summed E-state index contributed by atoms with van der Waals surface area (Å²) in [6, 6.07) is 24.7. The van der Waals surface area contributed by atoms with Crippen LogP contribution in [0.3, 0.4) is 0 Å². The van der Waals surface area contributed by atoms with E-state index in [0.717, 1.165) is 69.2 Å². The fourth-order valence-corrected chi connectivity index (χ4v) is 4.55. The SMILES string of the molecule is CCCCc1ccc(N=Nc2cc(C)c(N=Nc3cc(C)c(N=Nc4ccc(CCCC)cc4)cc3C)cc2C)cc1. The van der Waals surface area contributed by atoms with Gasteiger partial charge in [-0.2, -0.15) is 30.7 Å². The topological polar surface area (TPSA) is 74.2 Å². The first kappa shape index (κ1) is 30.6. The van der Waals surface area contributed by atoms with Gasteiger partial charge in [-0.3, -0.25) is 0 Å². The molecule has 0 aliphatic carbocycles. The Morgan fingerprint density at radius 3 is 0.976 bits per heavy atom. The maximum atomic E-state index is 4.58. The van der Waals surface area contributed by atoms with Gasteiger partial charge in [0.15, 0.2) is 0 Å². The lowest BCUT2D eigenvalue weighted by molar-refractivity contribution is 0.795. The summed E-state index contributed by atoms with van der Waals surface area (Å²) in [5.74, 6) is 0. The Bertz CT molecular complexity index is 1450. The molecule has 0 N–H and O–H groups in total. The maximum Gasteiger partial charge on any atom is 0.0890 e. The van der Waals surface area contributed by atoms with Crippen LogP contribution in [-0.4, -0.2) is 0 Å². The Labute approximate surface area is 250 Å². The van der Waals surface area contributed by atoms with Crippen LogP contribution in [0.15, 0.2) is 103 Å². The molecule has 0 unspecified atom stereocenters. The minimum Gasteiger partial charge on any atom is -0.151 e. The van der Waals surface area contributed by atoms with Crippen molar-refractivity contribution in [3.05, 3.63) is 106 Å². The third-order valence-electron chi connectivity index (χ3n) is 7.35. The number of benzene rings is 4. The summed E-state index contributed by atoms with van der Waals surface area (Å²) in [5.41, 5.74) is 11.7. The van der Waals surface area contributed by atoms with Gasteiger partial charge in [-0.25, -0.2) is 0 Å². The van der Waals surface area contributed by atoms with Gasteiger partial charge in [0.1, 0.15) is 0 Å². The largest absolute Gasteiger partial charge is 0.151 e. The second-order valence-corrected chi connectivity index (χ2v) is 11.0. The van der Waals surface area contributed by atoms with Gasteiger partial charge in [0, 0.05) is 0 Å². The third kappa shape index (κ3) is 8.59. The Kier molecular flexibility index (Phi) is 11.0. The summed E-state index contributed by atoms with van der Waals surface area (Å²) in [7, 11) is 0. The molecule has 216 valence electrons. The lowest BCUT2D eigenvalue weighted by Crippen LogP contribution is -1.83. The van der Waals surface area contributed by atoms with Gasteiger partial charge in [0.25, 0.3) is 0 Å². The van der Waals surface area contributed by atoms with Gasteiger partial charge in [0.05, 0.1) is 34.1 Å². The first-order chi connectivity index (χ1) is 20.4. The van der Waals surface area contributed by atoms with Gasteiger partial charge < -0.3 is 0 Å². The molecule has 6 heteroatoms. The molecular weight excluding hydrogens is 516 g/mol. The molecule has 4 rings (SSSR count). The predicted molar refractivity (Wildman–Crippen MR) is 174 cm³/mol. The summed E-state index contributed by atoms with van der Waals surface area (Å²) in [6.45, 7) is 12.5. The number of hydrogen-bond acceptors (Lipinski definition) is 6. The Morgan fingerprint density at radius 2 is 0.690 bits per heavy atom. The number of azo groups is 3. The van der Waals surface area contributed by atoms with Crippen LogP contribution in [0, 0.1) is 27.7 Å². The van der Waals surface area contributed by atoms with E-state index in [9.17, 15) is 0 Å². The van der Waals surface area contributed by atoms with E-state index in [2.05, 4.69) is 68.8 Å². The van der Waals surface area contributed by atoms with Crippen molar-refractivity contribution in [3.63, 3.8) is 0 Å². The van der Waals surface area contributed by atoms with Crippen LogP contribution in [0.2, 0.25) is 0 Å². The van der Waals surface area contributed by atoms with E-state index < -0.39 is 0 Å². The highest BCUT2D eigenvalue weighted by atomic mass is 15.1. The van der Waals surface area contributed by atoms with Crippen molar-refractivity contribution in [1.29, 1.82) is 0 Å². The normalized spacial score (nSPS) is 11.9. The molecule has 0 saturated heterocycles. The van der Waals surface area contributed by atoms with Gasteiger partial charge >= 0.3 is 0 Å². The Morgan fingerprint density at radius 1 is 0.405 bits per heavy atom. The molecule has 0 aliphatic rings. The number of aryl methyl sites for hydroxylation is 6. The van der Waals surface area contributed by atoms with E-state index in [-0.39, 0.29) is 0 Å². The molecule has 0 amide bonds. The summed E-state index contributed by atoms with van der Waals surface area (Å²) in [5, 5.41) is 27.1. The number of unbranched alkanes of at least 4 members (excludes halogenated alkanes) is 2. The van der Waals surface area contributed by atoms with Gasteiger partial charge in [-0.1, -0.05) is 51.0 Å². The zero-order valence-electron chi connectivity index (χ0n) is 25.9.